The number of amides is 1. The second kappa shape index (κ2) is 8.86. The van der Waals surface area contributed by atoms with Gasteiger partial charge in [-0.2, -0.15) is 0 Å². The summed E-state index contributed by atoms with van der Waals surface area (Å²) in [5, 5.41) is 0. The minimum Gasteiger partial charge on any atom is -0.497 e. The molecule has 1 N–H and O–H groups in total. The highest BCUT2D eigenvalue weighted by atomic mass is 32.2. The van der Waals surface area contributed by atoms with E-state index in [-0.39, 0.29) is 11.9 Å². The van der Waals surface area contributed by atoms with Gasteiger partial charge in [0.05, 0.1) is 25.1 Å². The highest BCUT2D eigenvalue weighted by Gasteiger charge is 2.28. The summed E-state index contributed by atoms with van der Waals surface area (Å²) in [6, 6.07) is 13.0. The minimum atomic E-state index is -3.42. The van der Waals surface area contributed by atoms with Gasteiger partial charge in [-0.05, 0) is 55.2 Å². The van der Waals surface area contributed by atoms with Gasteiger partial charge in [-0.1, -0.05) is 31.0 Å². The smallest absolute Gasteiger partial charge is 0.254 e. The molecule has 0 bridgehead atoms. The normalized spacial score (nSPS) is 17.5. The summed E-state index contributed by atoms with van der Waals surface area (Å²) in [5.41, 5.74) is 2.79. The molecule has 156 valence electrons. The number of likely N-dealkylation sites (tertiary alicyclic amines) is 1. The van der Waals surface area contributed by atoms with Crippen molar-refractivity contribution in [3.63, 3.8) is 0 Å². The van der Waals surface area contributed by atoms with E-state index >= 15 is 0 Å². The first-order valence-corrected chi connectivity index (χ1v) is 11.7. The second-order valence-corrected chi connectivity index (χ2v) is 9.29. The number of sulfonamides is 1. The average molecular weight is 417 g/mol. The molecular formula is C22H28N2O4S. The molecular weight excluding hydrogens is 388 g/mol. The van der Waals surface area contributed by atoms with E-state index in [2.05, 4.69) is 4.72 Å². The van der Waals surface area contributed by atoms with Gasteiger partial charge < -0.3 is 9.64 Å². The number of rotatable bonds is 5. The van der Waals surface area contributed by atoms with Crippen molar-refractivity contribution in [2.75, 3.05) is 24.6 Å². The molecule has 0 radical (unpaired) electrons. The van der Waals surface area contributed by atoms with Crippen LogP contribution in [0.4, 0.5) is 5.69 Å². The predicted molar refractivity (Wildman–Crippen MR) is 115 cm³/mol. The summed E-state index contributed by atoms with van der Waals surface area (Å²) in [7, 11) is -1.79. The van der Waals surface area contributed by atoms with E-state index < -0.39 is 10.0 Å². The van der Waals surface area contributed by atoms with Crippen molar-refractivity contribution in [2.45, 2.75) is 38.6 Å². The molecule has 6 nitrogen and oxygen atoms in total. The van der Waals surface area contributed by atoms with Crippen molar-refractivity contribution in [1.82, 2.24) is 4.90 Å². The monoisotopic (exact) mass is 416 g/mol. The van der Waals surface area contributed by atoms with Gasteiger partial charge in [0.1, 0.15) is 5.75 Å². The standard InChI is InChI=1S/C22H28N2O4S/c1-16-8-9-18(15-20(16)23-29(3,26)27)22(25)24-14-6-4-5-7-21(24)17-10-12-19(28-2)13-11-17/h8-13,15,21,23H,4-7,14H2,1-3H3/t21-/m0/s1. The Bertz CT molecular complexity index is 971. The zero-order valence-corrected chi connectivity index (χ0v) is 18.0. The zero-order chi connectivity index (χ0) is 21.0. The summed E-state index contributed by atoms with van der Waals surface area (Å²) in [5.74, 6) is 0.708. The number of nitrogens with zero attached hydrogens (tertiary/aromatic N) is 1. The number of carbonyl (C=O) groups excluding carboxylic acids is 1. The van der Waals surface area contributed by atoms with Crippen LogP contribution in [0, 0.1) is 6.92 Å². The van der Waals surface area contributed by atoms with E-state index in [1.807, 2.05) is 36.1 Å². The molecule has 7 heteroatoms. The Morgan fingerprint density at radius 2 is 1.83 bits per heavy atom. The molecule has 1 fully saturated rings. The van der Waals surface area contributed by atoms with Crippen LogP contribution >= 0.6 is 0 Å². The maximum atomic E-state index is 13.4. The van der Waals surface area contributed by atoms with Crippen molar-refractivity contribution >= 4 is 21.6 Å². The van der Waals surface area contributed by atoms with Crippen LogP contribution in [0.1, 0.15) is 53.2 Å². The molecule has 0 aromatic heterocycles. The summed E-state index contributed by atoms with van der Waals surface area (Å²) >= 11 is 0. The molecule has 0 spiro atoms. The first-order chi connectivity index (χ1) is 13.8. The number of aryl methyl sites for hydroxylation is 1. The first kappa shape index (κ1) is 21.2. The quantitative estimate of drug-likeness (QED) is 0.795. The molecule has 3 rings (SSSR count). The molecule has 1 aliphatic heterocycles. The molecule has 2 aromatic carbocycles. The van der Waals surface area contributed by atoms with Crippen LogP contribution in [0.25, 0.3) is 0 Å². The van der Waals surface area contributed by atoms with Gasteiger partial charge in [-0.25, -0.2) is 8.42 Å². The van der Waals surface area contributed by atoms with Crippen molar-refractivity contribution in [3.8, 4) is 5.75 Å². The maximum absolute atomic E-state index is 13.4. The van der Waals surface area contributed by atoms with Gasteiger partial charge in [0.15, 0.2) is 0 Å². The van der Waals surface area contributed by atoms with Crippen molar-refractivity contribution in [2.24, 2.45) is 0 Å². The first-order valence-electron chi connectivity index (χ1n) is 9.82. The zero-order valence-electron chi connectivity index (χ0n) is 17.1. The lowest BCUT2D eigenvalue weighted by atomic mass is 9.99. The number of anilines is 1. The van der Waals surface area contributed by atoms with Gasteiger partial charge in [0.25, 0.3) is 5.91 Å². The molecule has 1 saturated heterocycles. The van der Waals surface area contributed by atoms with E-state index in [9.17, 15) is 13.2 Å². The van der Waals surface area contributed by atoms with Gasteiger partial charge in [0.2, 0.25) is 10.0 Å². The largest absolute Gasteiger partial charge is 0.497 e. The van der Waals surface area contributed by atoms with E-state index in [4.69, 9.17) is 4.74 Å². The third-order valence-corrected chi connectivity index (χ3v) is 5.88. The van der Waals surface area contributed by atoms with Crippen molar-refractivity contribution in [3.05, 3.63) is 59.2 Å². The number of nitrogens with one attached hydrogen (secondary N) is 1. The number of hydrogen-bond donors (Lipinski definition) is 1. The highest BCUT2D eigenvalue weighted by molar-refractivity contribution is 7.92. The molecule has 29 heavy (non-hydrogen) atoms. The summed E-state index contributed by atoms with van der Waals surface area (Å²) < 4.78 is 31.1. The van der Waals surface area contributed by atoms with Gasteiger partial charge in [0, 0.05) is 12.1 Å². The molecule has 1 aliphatic rings. The lowest BCUT2D eigenvalue weighted by Crippen LogP contribution is -2.35. The number of benzene rings is 2. The van der Waals surface area contributed by atoms with Crippen LogP contribution in [0.5, 0.6) is 5.75 Å². The Balaban J connectivity index is 1.92. The number of ether oxygens (including phenoxy) is 1. The molecule has 0 saturated carbocycles. The average Bonchev–Trinajstić information content (AvgIpc) is 2.94. The van der Waals surface area contributed by atoms with Gasteiger partial charge in [-0.15, -0.1) is 0 Å². The summed E-state index contributed by atoms with van der Waals surface area (Å²) in [6.07, 6.45) is 5.12. The van der Waals surface area contributed by atoms with Crippen LogP contribution in [-0.4, -0.2) is 39.1 Å². The van der Waals surface area contributed by atoms with Crippen LogP contribution in [0.3, 0.4) is 0 Å². The maximum Gasteiger partial charge on any atom is 0.254 e. The third kappa shape index (κ3) is 5.29. The Kier molecular flexibility index (Phi) is 6.47. The molecule has 1 amide bonds. The second-order valence-electron chi connectivity index (χ2n) is 7.54. The number of hydrogen-bond acceptors (Lipinski definition) is 4. The Labute approximate surface area is 172 Å². The van der Waals surface area contributed by atoms with Crippen LogP contribution < -0.4 is 9.46 Å². The third-order valence-electron chi connectivity index (χ3n) is 5.29. The van der Waals surface area contributed by atoms with Crippen LogP contribution in [0.2, 0.25) is 0 Å². The predicted octanol–water partition coefficient (Wildman–Crippen LogP) is 4.13. The van der Waals surface area contributed by atoms with Gasteiger partial charge >= 0.3 is 0 Å². The topological polar surface area (TPSA) is 75.7 Å². The Morgan fingerprint density at radius 3 is 2.48 bits per heavy atom. The van der Waals surface area contributed by atoms with E-state index in [1.165, 1.54) is 0 Å². The van der Waals surface area contributed by atoms with Crippen molar-refractivity contribution in [1.29, 1.82) is 0 Å². The summed E-state index contributed by atoms with van der Waals surface area (Å²) in [4.78, 5) is 15.3. The molecule has 0 aliphatic carbocycles. The van der Waals surface area contributed by atoms with E-state index in [1.54, 1.807) is 25.3 Å². The van der Waals surface area contributed by atoms with Crippen LogP contribution in [0.15, 0.2) is 42.5 Å². The highest BCUT2D eigenvalue weighted by Crippen LogP contribution is 2.33. The Morgan fingerprint density at radius 1 is 1.10 bits per heavy atom. The fourth-order valence-electron chi connectivity index (χ4n) is 3.75. The SMILES string of the molecule is COc1ccc([C@@H]2CCCCCN2C(=O)c2ccc(C)c(NS(C)(=O)=O)c2)cc1. The van der Waals surface area contributed by atoms with Crippen molar-refractivity contribution < 1.29 is 17.9 Å². The summed E-state index contributed by atoms with van der Waals surface area (Å²) in [6.45, 7) is 2.49. The minimum absolute atomic E-state index is 0.0106. The lowest BCUT2D eigenvalue weighted by molar-refractivity contribution is 0.0681. The number of methoxy groups -OCH3 is 1. The Hall–Kier alpha value is -2.54. The van der Waals surface area contributed by atoms with E-state index in [0.717, 1.165) is 48.8 Å². The molecule has 1 atom stereocenters. The fraction of sp³-hybridized carbons (Fsp3) is 0.409. The van der Waals surface area contributed by atoms with Gasteiger partial charge in [-0.3, -0.25) is 9.52 Å². The molecule has 1 heterocycles. The molecule has 0 unspecified atom stereocenters. The fourth-order valence-corrected chi connectivity index (χ4v) is 4.37. The lowest BCUT2D eigenvalue weighted by Gasteiger charge is -2.31. The molecule has 2 aromatic rings. The van der Waals surface area contributed by atoms with E-state index in [0.29, 0.717) is 17.8 Å². The van der Waals surface area contributed by atoms with Crippen LogP contribution in [-0.2, 0) is 10.0 Å². The number of carbonyl (C=O) groups is 1.